The van der Waals surface area contributed by atoms with Crippen LogP contribution in [0.1, 0.15) is 31.6 Å². The van der Waals surface area contributed by atoms with Crippen molar-refractivity contribution in [1.82, 2.24) is 0 Å². The van der Waals surface area contributed by atoms with Gasteiger partial charge in [-0.2, -0.15) is 0 Å². The Morgan fingerprint density at radius 2 is 2.24 bits per heavy atom. The summed E-state index contributed by atoms with van der Waals surface area (Å²) in [6, 6.07) is 1.35. The molecule has 0 amide bonds. The molecule has 3 nitrogen and oxygen atoms in total. The predicted octanol–water partition coefficient (Wildman–Crippen LogP) is 3.33. The second kappa shape index (κ2) is 6.09. The fraction of sp³-hybridized carbons (Fsp3) is 0.357. The minimum atomic E-state index is -0.399. The van der Waals surface area contributed by atoms with Crippen LogP contribution in [0.5, 0.6) is 5.75 Å². The quantitative estimate of drug-likeness (QED) is 0.750. The maximum absolute atomic E-state index is 11.3. The van der Waals surface area contributed by atoms with E-state index in [1.165, 1.54) is 13.2 Å². The van der Waals surface area contributed by atoms with Crippen LogP contribution in [0.25, 0.3) is 6.08 Å². The summed E-state index contributed by atoms with van der Waals surface area (Å²) in [5.41, 5.74) is 1.56. The van der Waals surface area contributed by atoms with E-state index >= 15 is 0 Å². The molecule has 0 bridgehead atoms. The zero-order valence-corrected chi connectivity index (χ0v) is 10.7. The molecule has 0 aliphatic heterocycles. The third-order valence-corrected chi connectivity index (χ3v) is 2.44. The number of methoxy groups -OCH3 is 1. The summed E-state index contributed by atoms with van der Waals surface area (Å²) in [6.07, 6.45) is 6.80. The zero-order chi connectivity index (χ0) is 12.8. The Hall–Kier alpha value is -1.77. The van der Waals surface area contributed by atoms with Crippen LogP contribution in [0.2, 0.25) is 0 Å². The summed E-state index contributed by atoms with van der Waals surface area (Å²) >= 11 is 0. The van der Waals surface area contributed by atoms with E-state index < -0.39 is 5.63 Å². The zero-order valence-electron chi connectivity index (χ0n) is 10.7. The van der Waals surface area contributed by atoms with Crippen molar-refractivity contribution in [2.45, 2.75) is 27.2 Å². The van der Waals surface area contributed by atoms with Gasteiger partial charge in [-0.05, 0) is 26.3 Å². The van der Waals surface area contributed by atoms with Gasteiger partial charge in [-0.1, -0.05) is 24.6 Å². The highest BCUT2D eigenvalue weighted by Gasteiger charge is 2.06. The molecule has 0 unspecified atom stereocenters. The molecule has 0 spiro atoms. The standard InChI is InChI=1S/C14H18O3/c1-5-6-10(2)7-8-12-11(3)13(16-4)9-14(15)17-12/h6-9H,5H2,1-4H3. The van der Waals surface area contributed by atoms with E-state index in [0.717, 1.165) is 17.6 Å². The Labute approximate surface area is 101 Å². The maximum Gasteiger partial charge on any atom is 0.339 e. The molecule has 0 atom stereocenters. The smallest absolute Gasteiger partial charge is 0.339 e. The van der Waals surface area contributed by atoms with Crippen LogP contribution in [0, 0.1) is 6.92 Å². The Bertz CT molecular complexity index is 493. The summed E-state index contributed by atoms with van der Waals surface area (Å²) < 4.78 is 10.2. The highest BCUT2D eigenvalue weighted by molar-refractivity contribution is 5.53. The van der Waals surface area contributed by atoms with E-state index in [4.69, 9.17) is 9.15 Å². The fourth-order valence-corrected chi connectivity index (χ4v) is 1.52. The normalized spacial score (nSPS) is 12.1. The van der Waals surface area contributed by atoms with E-state index in [-0.39, 0.29) is 0 Å². The average molecular weight is 234 g/mol. The lowest BCUT2D eigenvalue weighted by Gasteiger charge is -2.05. The molecule has 17 heavy (non-hydrogen) atoms. The summed E-state index contributed by atoms with van der Waals surface area (Å²) in [5.74, 6) is 1.09. The lowest BCUT2D eigenvalue weighted by atomic mass is 10.1. The van der Waals surface area contributed by atoms with Crippen molar-refractivity contribution in [3.05, 3.63) is 45.5 Å². The number of ether oxygens (including phenoxy) is 1. The highest BCUT2D eigenvalue weighted by Crippen LogP contribution is 2.20. The number of rotatable bonds is 4. The molecule has 1 aromatic rings. The highest BCUT2D eigenvalue weighted by atomic mass is 16.5. The average Bonchev–Trinajstić information content (AvgIpc) is 2.30. The van der Waals surface area contributed by atoms with Gasteiger partial charge in [0, 0.05) is 5.56 Å². The van der Waals surface area contributed by atoms with Crippen LogP contribution in [-0.2, 0) is 0 Å². The summed E-state index contributed by atoms with van der Waals surface area (Å²) in [5, 5.41) is 0. The van der Waals surface area contributed by atoms with Crippen LogP contribution in [-0.4, -0.2) is 7.11 Å². The van der Waals surface area contributed by atoms with Crippen molar-refractivity contribution in [2.24, 2.45) is 0 Å². The number of allylic oxidation sites excluding steroid dienone is 3. The van der Waals surface area contributed by atoms with Crippen molar-refractivity contribution in [1.29, 1.82) is 0 Å². The van der Waals surface area contributed by atoms with Gasteiger partial charge < -0.3 is 9.15 Å². The number of hydrogen-bond acceptors (Lipinski definition) is 3. The third kappa shape index (κ3) is 3.63. The molecule has 0 N–H and O–H groups in total. The molecule has 0 fully saturated rings. The first-order chi connectivity index (χ1) is 8.08. The summed E-state index contributed by atoms with van der Waals surface area (Å²) in [4.78, 5) is 11.3. The Balaban J connectivity index is 3.11. The monoisotopic (exact) mass is 234 g/mol. The van der Waals surface area contributed by atoms with Gasteiger partial charge in [0.15, 0.2) is 0 Å². The second-order valence-corrected chi connectivity index (χ2v) is 3.81. The van der Waals surface area contributed by atoms with E-state index in [2.05, 4.69) is 13.0 Å². The van der Waals surface area contributed by atoms with Gasteiger partial charge in [-0.25, -0.2) is 4.79 Å². The molecule has 0 aliphatic rings. The first-order valence-corrected chi connectivity index (χ1v) is 5.62. The molecule has 0 aromatic carbocycles. The minimum Gasteiger partial charge on any atom is -0.496 e. The molecule has 1 aromatic heterocycles. The Morgan fingerprint density at radius 1 is 1.53 bits per heavy atom. The van der Waals surface area contributed by atoms with Crippen LogP contribution in [0.15, 0.2) is 33.0 Å². The largest absolute Gasteiger partial charge is 0.496 e. The van der Waals surface area contributed by atoms with Crippen LogP contribution < -0.4 is 10.4 Å². The Morgan fingerprint density at radius 3 is 2.82 bits per heavy atom. The molecule has 1 heterocycles. The van der Waals surface area contributed by atoms with Crippen LogP contribution in [0.4, 0.5) is 0 Å². The van der Waals surface area contributed by atoms with E-state index in [0.29, 0.717) is 11.5 Å². The van der Waals surface area contributed by atoms with Crippen LogP contribution >= 0.6 is 0 Å². The van der Waals surface area contributed by atoms with E-state index in [1.54, 1.807) is 6.08 Å². The Kier molecular flexibility index (Phi) is 4.76. The van der Waals surface area contributed by atoms with Gasteiger partial charge in [0.25, 0.3) is 0 Å². The van der Waals surface area contributed by atoms with Gasteiger partial charge in [0.2, 0.25) is 0 Å². The summed E-state index contributed by atoms with van der Waals surface area (Å²) in [6.45, 7) is 5.95. The van der Waals surface area contributed by atoms with Gasteiger partial charge in [-0.15, -0.1) is 0 Å². The molecule has 3 heteroatoms. The van der Waals surface area contributed by atoms with E-state index in [1.807, 2.05) is 19.9 Å². The molecule has 92 valence electrons. The van der Waals surface area contributed by atoms with Crippen molar-refractivity contribution >= 4 is 6.08 Å². The molecular weight excluding hydrogens is 216 g/mol. The minimum absolute atomic E-state index is 0.399. The van der Waals surface area contributed by atoms with Crippen LogP contribution in [0.3, 0.4) is 0 Å². The van der Waals surface area contributed by atoms with Crippen molar-refractivity contribution in [2.75, 3.05) is 7.11 Å². The third-order valence-electron chi connectivity index (χ3n) is 2.44. The molecule has 0 saturated carbocycles. The lowest BCUT2D eigenvalue weighted by molar-refractivity contribution is 0.396. The molecule has 0 radical (unpaired) electrons. The topological polar surface area (TPSA) is 39.4 Å². The summed E-state index contributed by atoms with van der Waals surface area (Å²) in [7, 11) is 1.54. The number of hydrogen-bond donors (Lipinski definition) is 0. The first-order valence-electron chi connectivity index (χ1n) is 5.62. The molecule has 0 aliphatic carbocycles. The van der Waals surface area contributed by atoms with Crippen molar-refractivity contribution < 1.29 is 9.15 Å². The SMILES string of the molecule is CCC=C(C)C=Cc1oc(=O)cc(OC)c1C. The maximum atomic E-state index is 11.3. The fourth-order valence-electron chi connectivity index (χ4n) is 1.52. The van der Waals surface area contributed by atoms with Gasteiger partial charge >= 0.3 is 5.63 Å². The second-order valence-electron chi connectivity index (χ2n) is 3.81. The van der Waals surface area contributed by atoms with Crippen molar-refractivity contribution in [3.8, 4) is 5.75 Å². The van der Waals surface area contributed by atoms with Gasteiger partial charge in [-0.3, -0.25) is 0 Å². The predicted molar refractivity (Wildman–Crippen MR) is 69.3 cm³/mol. The van der Waals surface area contributed by atoms with Crippen molar-refractivity contribution in [3.63, 3.8) is 0 Å². The molecule has 0 saturated heterocycles. The molecular formula is C14H18O3. The van der Waals surface area contributed by atoms with Gasteiger partial charge in [0.05, 0.1) is 13.2 Å². The molecule has 1 rings (SSSR count). The van der Waals surface area contributed by atoms with Gasteiger partial charge in [0.1, 0.15) is 11.5 Å². The first kappa shape index (κ1) is 13.3. The van der Waals surface area contributed by atoms with E-state index in [9.17, 15) is 4.79 Å². The lowest BCUT2D eigenvalue weighted by Crippen LogP contribution is -2.02.